The molecule has 1 heterocycles. The fourth-order valence-electron chi connectivity index (χ4n) is 1.67. The van der Waals surface area contributed by atoms with Crippen molar-refractivity contribution >= 4 is 41.0 Å². The lowest BCUT2D eigenvalue weighted by Crippen LogP contribution is -2.32. The highest BCUT2D eigenvalue weighted by Crippen LogP contribution is 2.10. The molecule has 0 atom stereocenters. The van der Waals surface area contributed by atoms with E-state index in [0.717, 1.165) is 0 Å². The van der Waals surface area contributed by atoms with Gasteiger partial charge in [-0.05, 0) is 54.7 Å². The minimum atomic E-state index is -0.421. The summed E-state index contributed by atoms with van der Waals surface area (Å²) in [5.74, 6) is -0.238. The van der Waals surface area contributed by atoms with Crippen molar-refractivity contribution in [3.05, 3.63) is 60.1 Å². The molecule has 1 aromatic heterocycles. The smallest absolute Gasteiger partial charge is 0.337 e. The molecule has 23 heavy (non-hydrogen) atoms. The summed E-state index contributed by atoms with van der Waals surface area (Å²) in [5, 5.41) is 5.48. The fraction of sp³-hybridized carbons (Fsp3) is 0.0625. The van der Waals surface area contributed by atoms with Crippen LogP contribution >= 0.6 is 12.2 Å². The van der Waals surface area contributed by atoms with E-state index in [4.69, 9.17) is 16.6 Å². The minimum absolute atomic E-state index is 0.143. The van der Waals surface area contributed by atoms with Crippen LogP contribution in [0.25, 0.3) is 6.08 Å². The number of hydrogen-bond acceptors (Lipinski definition) is 5. The summed E-state index contributed by atoms with van der Waals surface area (Å²) in [4.78, 5) is 23.0. The number of rotatable bonds is 4. The SMILES string of the molecule is COC(=O)c1ccc(NC(=S)NC(=O)/C=C/c2ccco2)cc1. The van der Waals surface area contributed by atoms with E-state index in [-0.39, 0.29) is 11.0 Å². The molecule has 2 aromatic rings. The average molecular weight is 330 g/mol. The van der Waals surface area contributed by atoms with E-state index in [1.165, 1.54) is 25.5 Å². The molecule has 0 radical (unpaired) electrons. The van der Waals surface area contributed by atoms with Gasteiger partial charge in [0.2, 0.25) is 5.91 Å². The van der Waals surface area contributed by atoms with E-state index in [0.29, 0.717) is 17.0 Å². The van der Waals surface area contributed by atoms with Gasteiger partial charge in [0.25, 0.3) is 0 Å². The summed E-state index contributed by atoms with van der Waals surface area (Å²) in [6.45, 7) is 0. The number of amides is 1. The van der Waals surface area contributed by atoms with Crippen LogP contribution in [0, 0.1) is 0 Å². The molecule has 0 spiro atoms. The number of benzene rings is 1. The van der Waals surface area contributed by atoms with Crippen molar-refractivity contribution in [2.75, 3.05) is 12.4 Å². The lowest BCUT2D eigenvalue weighted by Gasteiger charge is -2.08. The number of carbonyl (C=O) groups is 2. The van der Waals surface area contributed by atoms with Gasteiger partial charge in [0, 0.05) is 11.8 Å². The third kappa shape index (κ3) is 5.08. The minimum Gasteiger partial charge on any atom is -0.465 e. The third-order valence-electron chi connectivity index (χ3n) is 2.74. The van der Waals surface area contributed by atoms with Crippen molar-refractivity contribution in [1.29, 1.82) is 0 Å². The number of methoxy groups -OCH3 is 1. The van der Waals surface area contributed by atoms with E-state index < -0.39 is 5.97 Å². The van der Waals surface area contributed by atoms with Crippen LogP contribution < -0.4 is 10.6 Å². The first kappa shape index (κ1) is 16.4. The van der Waals surface area contributed by atoms with Crippen LogP contribution in [-0.2, 0) is 9.53 Å². The molecule has 0 saturated carbocycles. The Morgan fingerprint density at radius 2 is 1.96 bits per heavy atom. The first-order valence-electron chi connectivity index (χ1n) is 6.60. The maximum Gasteiger partial charge on any atom is 0.337 e. The second-order valence-corrected chi connectivity index (χ2v) is 4.77. The predicted molar refractivity (Wildman–Crippen MR) is 89.9 cm³/mol. The maximum absolute atomic E-state index is 11.7. The molecule has 0 bridgehead atoms. The summed E-state index contributed by atoms with van der Waals surface area (Å²) in [6.07, 6.45) is 4.36. The molecule has 0 aliphatic rings. The summed E-state index contributed by atoms with van der Waals surface area (Å²) in [7, 11) is 1.31. The van der Waals surface area contributed by atoms with Gasteiger partial charge in [0.1, 0.15) is 5.76 Å². The standard InChI is InChI=1S/C16H14N2O4S/c1-21-15(20)11-4-6-12(7-5-11)17-16(23)18-14(19)9-8-13-3-2-10-22-13/h2-10H,1H3,(H2,17,18,19,23)/b9-8+. The highest BCUT2D eigenvalue weighted by atomic mass is 32.1. The lowest BCUT2D eigenvalue weighted by molar-refractivity contribution is -0.115. The number of thiocarbonyl (C=S) groups is 1. The van der Waals surface area contributed by atoms with Crippen LogP contribution in [0.1, 0.15) is 16.1 Å². The van der Waals surface area contributed by atoms with E-state index in [9.17, 15) is 9.59 Å². The topological polar surface area (TPSA) is 80.6 Å². The number of ether oxygens (including phenoxy) is 1. The zero-order chi connectivity index (χ0) is 16.7. The second kappa shape index (κ2) is 7.90. The van der Waals surface area contributed by atoms with Crippen LogP contribution in [-0.4, -0.2) is 24.1 Å². The van der Waals surface area contributed by atoms with Gasteiger partial charge in [-0.3, -0.25) is 10.1 Å². The molecule has 2 N–H and O–H groups in total. The van der Waals surface area contributed by atoms with Crippen molar-refractivity contribution < 1.29 is 18.7 Å². The Hall–Kier alpha value is -2.93. The Kier molecular flexibility index (Phi) is 5.65. The first-order chi connectivity index (χ1) is 11.1. The van der Waals surface area contributed by atoms with Crippen LogP contribution in [0.4, 0.5) is 5.69 Å². The van der Waals surface area contributed by atoms with Crippen molar-refractivity contribution in [1.82, 2.24) is 5.32 Å². The number of esters is 1. The van der Waals surface area contributed by atoms with E-state index in [2.05, 4.69) is 15.4 Å². The van der Waals surface area contributed by atoms with E-state index in [1.54, 1.807) is 36.4 Å². The summed E-state index contributed by atoms with van der Waals surface area (Å²) in [6, 6.07) is 9.95. The van der Waals surface area contributed by atoms with Crippen molar-refractivity contribution in [2.24, 2.45) is 0 Å². The van der Waals surface area contributed by atoms with Gasteiger partial charge in [0.15, 0.2) is 5.11 Å². The molecule has 0 aliphatic heterocycles. The summed E-state index contributed by atoms with van der Waals surface area (Å²) in [5.41, 5.74) is 1.06. The van der Waals surface area contributed by atoms with Gasteiger partial charge in [-0.25, -0.2) is 4.79 Å². The Morgan fingerprint density at radius 1 is 1.22 bits per heavy atom. The van der Waals surface area contributed by atoms with Gasteiger partial charge in [-0.1, -0.05) is 0 Å². The highest BCUT2D eigenvalue weighted by molar-refractivity contribution is 7.80. The van der Waals surface area contributed by atoms with E-state index >= 15 is 0 Å². The van der Waals surface area contributed by atoms with E-state index in [1.807, 2.05) is 0 Å². The normalized spacial score (nSPS) is 10.3. The van der Waals surface area contributed by atoms with Crippen LogP contribution in [0.3, 0.4) is 0 Å². The van der Waals surface area contributed by atoms with Crippen LogP contribution in [0.5, 0.6) is 0 Å². The molecule has 1 aromatic carbocycles. The van der Waals surface area contributed by atoms with Crippen LogP contribution in [0.15, 0.2) is 53.2 Å². The van der Waals surface area contributed by atoms with Gasteiger partial charge < -0.3 is 14.5 Å². The van der Waals surface area contributed by atoms with Crippen molar-refractivity contribution in [3.63, 3.8) is 0 Å². The zero-order valence-electron chi connectivity index (χ0n) is 12.2. The summed E-state index contributed by atoms with van der Waals surface area (Å²) >= 11 is 5.04. The van der Waals surface area contributed by atoms with Crippen molar-refractivity contribution in [3.8, 4) is 0 Å². The Bertz CT molecular complexity index is 721. The molecule has 0 aliphatic carbocycles. The Morgan fingerprint density at radius 3 is 2.57 bits per heavy atom. The number of anilines is 1. The van der Waals surface area contributed by atoms with Gasteiger partial charge in [-0.15, -0.1) is 0 Å². The molecule has 0 unspecified atom stereocenters. The van der Waals surface area contributed by atoms with Gasteiger partial charge in [-0.2, -0.15) is 0 Å². The lowest BCUT2D eigenvalue weighted by atomic mass is 10.2. The molecule has 0 fully saturated rings. The Balaban J connectivity index is 1.86. The number of nitrogens with one attached hydrogen (secondary N) is 2. The molecular weight excluding hydrogens is 316 g/mol. The molecule has 1 amide bonds. The second-order valence-electron chi connectivity index (χ2n) is 4.36. The molecule has 0 saturated heterocycles. The molecule has 2 rings (SSSR count). The fourth-order valence-corrected chi connectivity index (χ4v) is 1.89. The maximum atomic E-state index is 11.7. The average Bonchev–Trinajstić information content (AvgIpc) is 3.06. The monoisotopic (exact) mass is 330 g/mol. The highest BCUT2D eigenvalue weighted by Gasteiger charge is 2.06. The van der Waals surface area contributed by atoms with Crippen molar-refractivity contribution in [2.45, 2.75) is 0 Å². The van der Waals surface area contributed by atoms with Crippen LogP contribution in [0.2, 0.25) is 0 Å². The largest absolute Gasteiger partial charge is 0.465 e. The molecular formula is C16H14N2O4S. The number of carbonyl (C=O) groups excluding carboxylic acids is 2. The summed E-state index contributed by atoms with van der Waals surface area (Å²) < 4.78 is 9.68. The predicted octanol–water partition coefficient (Wildman–Crippen LogP) is 2.59. The van der Waals surface area contributed by atoms with Gasteiger partial charge >= 0.3 is 5.97 Å². The number of furan rings is 1. The molecule has 6 nitrogen and oxygen atoms in total. The van der Waals surface area contributed by atoms with Gasteiger partial charge in [0.05, 0.1) is 18.9 Å². The third-order valence-corrected chi connectivity index (χ3v) is 2.95. The quantitative estimate of drug-likeness (QED) is 0.509. The zero-order valence-corrected chi connectivity index (χ0v) is 13.1. The first-order valence-corrected chi connectivity index (χ1v) is 7.01. The Labute approximate surface area is 138 Å². The molecule has 118 valence electrons. The number of hydrogen-bond donors (Lipinski definition) is 2. The molecule has 7 heteroatoms.